The van der Waals surface area contributed by atoms with E-state index in [1.807, 2.05) is 13.0 Å². The number of aryl methyl sites for hydroxylation is 1. The molecule has 2 rings (SSSR count). The summed E-state index contributed by atoms with van der Waals surface area (Å²) in [6, 6.07) is 4.57. The van der Waals surface area contributed by atoms with Crippen LogP contribution in [0.3, 0.4) is 0 Å². The first-order valence-electron chi connectivity index (χ1n) is 5.05. The van der Waals surface area contributed by atoms with Crippen LogP contribution in [0.4, 0.5) is 0 Å². The summed E-state index contributed by atoms with van der Waals surface area (Å²) in [4.78, 5) is 0. The van der Waals surface area contributed by atoms with Crippen LogP contribution < -0.4 is 5.32 Å². The van der Waals surface area contributed by atoms with Crippen molar-refractivity contribution in [1.29, 1.82) is 0 Å². The molecule has 1 N–H and O–H groups in total. The number of piperidine rings is 1. The molecule has 0 unspecified atom stereocenters. The van der Waals surface area contributed by atoms with Gasteiger partial charge in [0.2, 0.25) is 0 Å². The minimum Gasteiger partial charge on any atom is -0.465 e. The van der Waals surface area contributed by atoms with Crippen LogP contribution in [0.25, 0.3) is 0 Å². The van der Waals surface area contributed by atoms with Crippen LogP contribution >= 0.6 is 0 Å². The van der Waals surface area contributed by atoms with Gasteiger partial charge in [0.05, 0.1) is 6.04 Å². The van der Waals surface area contributed by atoms with Crippen molar-refractivity contribution < 1.29 is 4.42 Å². The normalized spacial score (nSPS) is 29.1. The van der Waals surface area contributed by atoms with E-state index in [1.54, 1.807) is 0 Å². The zero-order valence-corrected chi connectivity index (χ0v) is 8.34. The zero-order chi connectivity index (χ0) is 9.26. The van der Waals surface area contributed by atoms with Gasteiger partial charge in [0.1, 0.15) is 11.5 Å². The summed E-state index contributed by atoms with van der Waals surface area (Å²) in [5, 5.41) is 3.49. The van der Waals surface area contributed by atoms with Gasteiger partial charge in [-0.25, -0.2) is 0 Å². The highest BCUT2D eigenvalue weighted by Gasteiger charge is 2.21. The van der Waals surface area contributed by atoms with Gasteiger partial charge in [-0.15, -0.1) is 0 Å². The van der Waals surface area contributed by atoms with Gasteiger partial charge in [0.25, 0.3) is 0 Å². The van der Waals surface area contributed by atoms with E-state index in [-0.39, 0.29) is 0 Å². The maximum Gasteiger partial charge on any atom is 0.121 e. The molecule has 1 aliphatic heterocycles. The van der Waals surface area contributed by atoms with Gasteiger partial charge >= 0.3 is 0 Å². The van der Waals surface area contributed by atoms with Crippen molar-refractivity contribution in [2.45, 2.75) is 32.7 Å². The highest BCUT2D eigenvalue weighted by Crippen LogP contribution is 2.27. The van der Waals surface area contributed by atoms with E-state index >= 15 is 0 Å². The van der Waals surface area contributed by atoms with E-state index in [2.05, 4.69) is 18.3 Å². The lowest BCUT2D eigenvalue weighted by Crippen LogP contribution is -2.30. The van der Waals surface area contributed by atoms with Gasteiger partial charge in [-0.1, -0.05) is 6.92 Å². The van der Waals surface area contributed by atoms with Crippen molar-refractivity contribution >= 4 is 0 Å². The van der Waals surface area contributed by atoms with Gasteiger partial charge in [-0.3, -0.25) is 0 Å². The number of nitrogens with one attached hydrogen (secondary N) is 1. The van der Waals surface area contributed by atoms with Crippen LogP contribution in [0.2, 0.25) is 0 Å². The Morgan fingerprint density at radius 2 is 2.31 bits per heavy atom. The fourth-order valence-electron chi connectivity index (χ4n) is 1.96. The molecule has 0 saturated carbocycles. The monoisotopic (exact) mass is 179 g/mol. The lowest BCUT2D eigenvalue weighted by molar-refractivity contribution is 0.287. The van der Waals surface area contributed by atoms with Crippen LogP contribution in [0.1, 0.15) is 37.3 Å². The summed E-state index contributed by atoms with van der Waals surface area (Å²) in [6.45, 7) is 5.42. The third-order valence-corrected chi connectivity index (χ3v) is 2.77. The molecule has 2 heteroatoms. The number of furan rings is 1. The molecule has 2 heterocycles. The molecule has 1 fully saturated rings. The van der Waals surface area contributed by atoms with Gasteiger partial charge < -0.3 is 9.73 Å². The second-order valence-corrected chi connectivity index (χ2v) is 4.08. The number of hydrogen-bond donors (Lipinski definition) is 1. The average Bonchev–Trinajstić information content (AvgIpc) is 2.52. The first-order valence-corrected chi connectivity index (χ1v) is 5.05. The van der Waals surface area contributed by atoms with Gasteiger partial charge in [0, 0.05) is 0 Å². The molecule has 0 radical (unpaired) electrons. The Bertz CT molecular complexity index is 279. The molecule has 1 saturated heterocycles. The molecule has 1 aromatic rings. The van der Waals surface area contributed by atoms with Crippen molar-refractivity contribution in [1.82, 2.24) is 5.32 Å². The molecular weight excluding hydrogens is 162 g/mol. The molecule has 0 aromatic carbocycles. The lowest BCUT2D eigenvalue weighted by atomic mass is 9.93. The fourth-order valence-corrected chi connectivity index (χ4v) is 1.96. The minimum atomic E-state index is 0.442. The Morgan fingerprint density at radius 1 is 1.46 bits per heavy atom. The molecular formula is C11H17NO. The number of hydrogen-bond acceptors (Lipinski definition) is 2. The summed E-state index contributed by atoms with van der Waals surface area (Å²) < 4.78 is 5.61. The number of rotatable bonds is 1. The molecule has 72 valence electrons. The molecule has 0 amide bonds. The van der Waals surface area contributed by atoms with E-state index in [0.29, 0.717) is 6.04 Å². The Hall–Kier alpha value is -0.760. The maximum atomic E-state index is 5.61. The van der Waals surface area contributed by atoms with E-state index in [4.69, 9.17) is 4.42 Å². The molecule has 1 aliphatic rings. The summed E-state index contributed by atoms with van der Waals surface area (Å²) in [7, 11) is 0. The Morgan fingerprint density at radius 3 is 2.92 bits per heavy atom. The SMILES string of the molecule is Cc1ccc([C@@H]2C[C@@H](C)CCN2)o1. The standard InChI is InChI=1S/C11H17NO/c1-8-5-6-12-10(7-8)11-4-3-9(2)13-11/h3-4,8,10,12H,5-7H2,1-2H3/t8-,10-/m0/s1. The second-order valence-electron chi connectivity index (χ2n) is 4.08. The molecule has 13 heavy (non-hydrogen) atoms. The highest BCUT2D eigenvalue weighted by molar-refractivity contribution is 5.10. The van der Waals surface area contributed by atoms with Crippen molar-refractivity contribution in [2.24, 2.45) is 5.92 Å². The lowest BCUT2D eigenvalue weighted by Gasteiger charge is -2.26. The predicted molar refractivity (Wildman–Crippen MR) is 52.6 cm³/mol. The molecule has 1 aromatic heterocycles. The highest BCUT2D eigenvalue weighted by atomic mass is 16.3. The van der Waals surface area contributed by atoms with Crippen molar-refractivity contribution in [3.63, 3.8) is 0 Å². The van der Waals surface area contributed by atoms with E-state index < -0.39 is 0 Å². The van der Waals surface area contributed by atoms with Gasteiger partial charge in [-0.05, 0) is 44.4 Å². The fraction of sp³-hybridized carbons (Fsp3) is 0.636. The third kappa shape index (κ3) is 1.94. The van der Waals surface area contributed by atoms with Gasteiger partial charge in [-0.2, -0.15) is 0 Å². The van der Waals surface area contributed by atoms with Crippen LogP contribution in [-0.2, 0) is 0 Å². The van der Waals surface area contributed by atoms with Crippen LogP contribution in [0, 0.1) is 12.8 Å². The van der Waals surface area contributed by atoms with Crippen molar-refractivity contribution in [3.05, 3.63) is 23.7 Å². The summed E-state index contributed by atoms with van der Waals surface area (Å²) in [6.07, 6.45) is 2.49. The van der Waals surface area contributed by atoms with Crippen molar-refractivity contribution in [3.8, 4) is 0 Å². The van der Waals surface area contributed by atoms with E-state index in [0.717, 1.165) is 24.0 Å². The Kier molecular flexibility index (Phi) is 2.40. The zero-order valence-electron chi connectivity index (χ0n) is 8.34. The molecule has 2 atom stereocenters. The summed E-state index contributed by atoms with van der Waals surface area (Å²) in [5.41, 5.74) is 0. The molecule has 2 nitrogen and oxygen atoms in total. The first-order chi connectivity index (χ1) is 6.25. The predicted octanol–water partition coefficient (Wildman–Crippen LogP) is 2.65. The van der Waals surface area contributed by atoms with Gasteiger partial charge in [0.15, 0.2) is 0 Å². The Balaban J connectivity index is 2.08. The van der Waals surface area contributed by atoms with Crippen LogP contribution in [0.5, 0.6) is 0 Å². The molecule has 0 spiro atoms. The van der Waals surface area contributed by atoms with Crippen molar-refractivity contribution in [2.75, 3.05) is 6.54 Å². The largest absolute Gasteiger partial charge is 0.465 e. The third-order valence-electron chi connectivity index (χ3n) is 2.77. The first kappa shape index (κ1) is 8.82. The second kappa shape index (κ2) is 3.54. The minimum absolute atomic E-state index is 0.442. The van der Waals surface area contributed by atoms with E-state index in [9.17, 15) is 0 Å². The summed E-state index contributed by atoms with van der Waals surface area (Å²) in [5.74, 6) is 2.93. The van der Waals surface area contributed by atoms with E-state index in [1.165, 1.54) is 12.8 Å². The average molecular weight is 179 g/mol. The quantitative estimate of drug-likeness (QED) is 0.717. The molecule has 0 bridgehead atoms. The summed E-state index contributed by atoms with van der Waals surface area (Å²) >= 11 is 0. The maximum absolute atomic E-state index is 5.61. The molecule has 0 aliphatic carbocycles. The van der Waals surface area contributed by atoms with Crippen LogP contribution in [-0.4, -0.2) is 6.54 Å². The smallest absolute Gasteiger partial charge is 0.121 e. The Labute approximate surface area is 79.3 Å². The topological polar surface area (TPSA) is 25.2 Å². The van der Waals surface area contributed by atoms with Crippen LogP contribution in [0.15, 0.2) is 16.5 Å².